The maximum Gasteiger partial charge on any atom is 0.271 e. The normalized spacial score (nSPS) is 12.0. The van der Waals surface area contributed by atoms with Crippen molar-refractivity contribution in [2.45, 2.75) is 53.4 Å². The third-order valence-electron chi connectivity index (χ3n) is 4.24. The Balaban J connectivity index is 3.00. The van der Waals surface area contributed by atoms with E-state index in [2.05, 4.69) is 37.9 Å². The van der Waals surface area contributed by atoms with Gasteiger partial charge >= 0.3 is 0 Å². The van der Waals surface area contributed by atoms with Crippen molar-refractivity contribution in [3.63, 3.8) is 0 Å². The fraction of sp³-hybridized carbons (Fsp3) is 0.500. The largest absolute Gasteiger partial charge is 0.496 e. The third-order valence-corrected chi connectivity index (χ3v) is 4.24. The number of benzene rings is 1. The first-order chi connectivity index (χ1) is 11.4. The number of hydrazone groups is 1. The summed E-state index contributed by atoms with van der Waals surface area (Å²) in [6, 6.07) is 5.43. The molecule has 132 valence electrons. The van der Waals surface area contributed by atoms with Crippen LogP contribution in [-0.2, 0) is 0 Å². The fourth-order valence-corrected chi connectivity index (χ4v) is 2.63. The second kappa shape index (κ2) is 9.26. The Labute approximate surface area is 146 Å². The highest BCUT2D eigenvalue weighted by Gasteiger charge is 2.24. The van der Waals surface area contributed by atoms with Crippen LogP contribution in [0.1, 0.15) is 62.4 Å². The highest BCUT2D eigenvalue weighted by atomic mass is 16.5. The average molecular weight is 330 g/mol. The molecule has 0 heterocycles. The molecule has 0 atom stereocenters. The number of allylic oxidation sites excluding steroid dienone is 1. The first-order valence-electron chi connectivity index (χ1n) is 8.49. The van der Waals surface area contributed by atoms with Gasteiger partial charge in [-0.3, -0.25) is 4.79 Å². The van der Waals surface area contributed by atoms with Crippen LogP contribution in [0, 0.1) is 12.3 Å². The standard InChI is InChI=1S/C20H30N2O2/c1-7-9-13-18(20(4,5)14-8-2)21-22-19(23)16-11-10-12-17(24-6)15(16)3/h8,10-12H,2,7,9,13-14H2,1,3-6H3,(H,22,23). The van der Waals surface area contributed by atoms with Gasteiger partial charge in [-0.15, -0.1) is 6.58 Å². The van der Waals surface area contributed by atoms with E-state index in [0.717, 1.165) is 37.0 Å². The molecule has 4 nitrogen and oxygen atoms in total. The zero-order valence-corrected chi connectivity index (χ0v) is 15.6. The molecule has 0 aliphatic carbocycles. The molecule has 0 saturated carbocycles. The molecular formula is C20H30N2O2. The Morgan fingerprint density at radius 3 is 2.71 bits per heavy atom. The molecule has 0 spiro atoms. The van der Waals surface area contributed by atoms with E-state index in [0.29, 0.717) is 11.3 Å². The van der Waals surface area contributed by atoms with E-state index in [1.165, 1.54) is 0 Å². The number of rotatable bonds is 9. The van der Waals surface area contributed by atoms with Crippen molar-refractivity contribution < 1.29 is 9.53 Å². The second-order valence-corrected chi connectivity index (χ2v) is 6.61. The summed E-state index contributed by atoms with van der Waals surface area (Å²) in [6.45, 7) is 12.1. The van der Waals surface area contributed by atoms with Crippen molar-refractivity contribution in [1.29, 1.82) is 0 Å². The Morgan fingerprint density at radius 2 is 2.12 bits per heavy atom. The third kappa shape index (κ3) is 5.22. The van der Waals surface area contributed by atoms with Gasteiger partial charge < -0.3 is 4.74 Å². The van der Waals surface area contributed by atoms with Gasteiger partial charge in [0.25, 0.3) is 5.91 Å². The number of unbranched alkanes of at least 4 members (excludes halogenated alkanes) is 1. The molecule has 0 aliphatic rings. The molecular weight excluding hydrogens is 300 g/mol. The van der Waals surface area contributed by atoms with E-state index < -0.39 is 0 Å². The minimum atomic E-state index is -0.213. The van der Waals surface area contributed by atoms with E-state index >= 15 is 0 Å². The zero-order valence-electron chi connectivity index (χ0n) is 15.6. The number of nitrogens with zero attached hydrogens (tertiary/aromatic N) is 1. The predicted octanol–water partition coefficient (Wildman–Crippen LogP) is 4.88. The van der Waals surface area contributed by atoms with Crippen LogP contribution in [0.3, 0.4) is 0 Å². The van der Waals surface area contributed by atoms with Gasteiger partial charge in [0.1, 0.15) is 5.75 Å². The molecule has 4 heteroatoms. The van der Waals surface area contributed by atoms with Crippen LogP contribution in [0.25, 0.3) is 0 Å². The highest BCUT2D eigenvalue weighted by Crippen LogP contribution is 2.26. The summed E-state index contributed by atoms with van der Waals surface area (Å²) in [5.41, 5.74) is 5.00. The van der Waals surface area contributed by atoms with Crippen molar-refractivity contribution in [2.24, 2.45) is 10.5 Å². The minimum absolute atomic E-state index is 0.117. The Bertz CT molecular complexity index is 604. The van der Waals surface area contributed by atoms with Crippen LogP contribution in [0.5, 0.6) is 5.75 Å². The lowest BCUT2D eigenvalue weighted by molar-refractivity contribution is 0.0953. The molecule has 0 aromatic heterocycles. The van der Waals surface area contributed by atoms with E-state index in [9.17, 15) is 4.79 Å². The summed E-state index contributed by atoms with van der Waals surface area (Å²) in [5, 5.41) is 4.45. The highest BCUT2D eigenvalue weighted by molar-refractivity contribution is 5.98. The van der Waals surface area contributed by atoms with Crippen molar-refractivity contribution in [1.82, 2.24) is 5.43 Å². The second-order valence-electron chi connectivity index (χ2n) is 6.61. The van der Waals surface area contributed by atoms with Crippen molar-refractivity contribution in [2.75, 3.05) is 7.11 Å². The summed E-state index contributed by atoms with van der Waals surface area (Å²) in [6.07, 6.45) is 5.73. The number of ether oxygens (including phenoxy) is 1. The number of hydrogen-bond donors (Lipinski definition) is 1. The summed E-state index contributed by atoms with van der Waals surface area (Å²) in [7, 11) is 1.60. The Hall–Kier alpha value is -2.10. The summed E-state index contributed by atoms with van der Waals surface area (Å²) >= 11 is 0. The van der Waals surface area contributed by atoms with Gasteiger partial charge in [0.2, 0.25) is 0 Å². The number of nitrogens with one attached hydrogen (secondary N) is 1. The lowest BCUT2D eigenvalue weighted by Gasteiger charge is -2.25. The summed E-state index contributed by atoms with van der Waals surface area (Å²) in [5.74, 6) is 0.486. The molecule has 0 saturated heterocycles. The van der Waals surface area contributed by atoms with Gasteiger partial charge in [-0.1, -0.05) is 39.3 Å². The molecule has 0 bridgehead atoms. The molecule has 1 aromatic carbocycles. The van der Waals surface area contributed by atoms with Gasteiger partial charge in [0.15, 0.2) is 0 Å². The molecule has 24 heavy (non-hydrogen) atoms. The molecule has 1 N–H and O–H groups in total. The van der Waals surface area contributed by atoms with E-state index in [1.807, 2.05) is 25.1 Å². The number of methoxy groups -OCH3 is 1. The Morgan fingerprint density at radius 1 is 1.42 bits per heavy atom. The van der Waals surface area contributed by atoms with Gasteiger partial charge in [0.05, 0.1) is 7.11 Å². The lowest BCUT2D eigenvalue weighted by atomic mass is 9.81. The molecule has 1 rings (SSSR count). The van der Waals surface area contributed by atoms with Crippen molar-refractivity contribution in [3.05, 3.63) is 42.0 Å². The number of amides is 1. The first-order valence-corrected chi connectivity index (χ1v) is 8.49. The van der Waals surface area contributed by atoms with Gasteiger partial charge in [-0.25, -0.2) is 5.43 Å². The molecule has 1 aromatic rings. The van der Waals surface area contributed by atoms with Gasteiger partial charge in [0, 0.05) is 22.3 Å². The van der Waals surface area contributed by atoms with E-state index in [-0.39, 0.29) is 11.3 Å². The topological polar surface area (TPSA) is 50.7 Å². The summed E-state index contributed by atoms with van der Waals surface area (Å²) in [4.78, 5) is 12.5. The molecule has 0 radical (unpaired) electrons. The van der Waals surface area contributed by atoms with Crippen LogP contribution in [0.2, 0.25) is 0 Å². The van der Waals surface area contributed by atoms with Crippen molar-refractivity contribution >= 4 is 11.6 Å². The SMILES string of the molecule is C=CCC(C)(C)C(CCCC)=NNC(=O)c1cccc(OC)c1C. The molecule has 0 fully saturated rings. The van der Waals surface area contributed by atoms with Crippen LogP contribution in [0.4, 0.5) is 0 Å². The molecule has 1 amide bonds. The van der Waals surface area contributed by atoms with E-state index in [4.69, 9.17) is 4.74 Å². The zero-order chi connectivity index (χ0) is 18.2. The van der Waals surface area contributed by atoms with Crippen LogP contribution >= 0.6 is 0 Å². The van der Waals surface area contributed by atoms with Crippen LogP contribution in [0.15, 0.2) is 36.0 Å². The molecule has 0 unspecified atom stereocenters. The van der Waals surface area contributed by atoms with Crippen molar-refractivity contribution in [3.8, 4) is 5.75 Å². The quantitative estimate of drug-likeness (QED) is 0.398. The molecule has 0 aliphatic heterocycles. The minimum Gasteiger partial charge on any atom is -0.496 e. The smallest absolute Gasteiger partial charge is 0.271 e. The number of carbonyl (C=O) groups excluding carboxylic acids is 1. The number of hydrogen-bond acceptors (Lipinski definition) is 3. The monoisotopic (exact) mass is 330 g/mol. The van der Waals surface area contributed by atoms with Crippen LogP contribution in [-0.4, -0.2) is 18.7 Å². The average Bonchev–Trinajstić information content (AvgIpc) is 2.54. The predicted molar refractivity (Wildman–Crippen MR) is 101 cm³/mol. The van der Waals surface area contributed by atoms with E-state index in [1.54, 1.807) is 13.2 Å². The fourth-order valence-electron chi connectivity index (χ4n) is 2.63. The summed E-state index contributed by atoms with van der Waals surface area (Å²) < 4.78 is 5.27. The Kier molecular flexibility index (Phi) is 7.69. The maximum absolute atomic E-state index is 12.5. The first kappa shape index (κ1) is 19.9. The number of carbonyl (C=O) groups is 1. The lowest BCUT2D eigenvalue weighted by Crippen LogP contribution is -2.28. The van der Waals surface area contributed by atoms with Gasteiger partial charge in [-0.05, 0) is 38.3 Å². The van der Waals surface area contributed by atoms with Gasteiger partial charge in [-0.2, -0.15) is 5.10 Å². The maximum atomic E-state index is 12.5. The van der Waals surface area contributed by atoms with Crippen LogP contribution < -0.4 is 10.2 Å².